The third-order valence-electron chi connectivity index (χ3n) is 3.27. The third-order valence-corrected chi connectivity index (χ3v) is 4.18. The molecule has 0 fully saturated rings. The molecular weight excluding hydrogens is 450 g/mol. The summed E-state index contributed by atoms with van der Waals surface area (Å²) in [5.74, 6) is 3.70. The van der Waals surface area contributed by atoms with Gasteiger partial charge in [-0.3, -0.25) is 4.79 Å². The lowest BCUT2D eigenvalue weighted by Gasteiger charge is -2.22. The zero-order valence-corrected chi connectivity index (χ0v) is 20.4. The number of ether oxygens (including phenoxy) is 1. The highest BCUT2D eigenvalue weighted by Gasteiger charge is 2.15. The summed E-state index contributed by atoms with van der Waals surface area (Å²) >= 11 is 1.16. The molecule has 33 heavy (non-hydrogen) atoms. The molecular formula is C22H33N3O7S. The molecule has 5 N–H and O–H groups in total. The van der Waals surface area contributed by atoms with Crippen molar-refractivity contribution in [2.75, 3.05) is 19.7 Å². The van der Waals surface area contributed by atoms with Crippen LogP contribution >= 0.6 is 11.3 Å². The molecule has 0 radical (unpaired) electrons. The number of carbonyl (C=O) groups is 3. The number of amides is 1. The molecule has 0 aromatic carbocycles. The van der Waals surface area contributed by atoms with Gasteiger partial charge in [-0.05, 0) is 20.8 Å². The standard InChI is InChI=1S/C18H29N3O3S.C4H4O4/c1-13(2)8-6-7-9-19-16(23)15-11-20-17(25-15)24-12-14(22)10-21-18(3,4)5;5-3(6)1-2-4(7)8/h11,13-14,21-22H,7,9-10,12H2,1-5H3,(H,19,23);1-2H,(H,5,6)(H,7,8). The van der Waals surface area contributed by atoms with Crippen LogP contribution in [0, 0.1) is 17.8 Å². The molecule has 0 bridgehead atoms. The average molecular weight is 484 g/mol. The molecule has 1 heterocycles. The van der Waals surface area contributed by atoms with Gasteiger partial charge in [-0.2, -0.15) is 0 Å². The van der Waals surface area contributed by atoms with Gasteiger partial charge in [-0.15, -0.1) is 11.8 Å². The maximum Gasteiger partial charge on any atom is 0.328 e. The Balaban J connectivity index is 0.00000109. The molecule has 11 heteroatoms. The maximum absolute atomic E-state index is 12.0. The molecule has 0 spiro atoms. The van der Waals surface area contributed by atoms with E-state index in [1.807, 2.05) is 34.6 Å². The fourth-order valence-electron chi connectivity index (χ4n) is 1.82. The SMILES string of the molecule is CC(C)C#CCCNC(=O)c1cnc(OCC(O)CNC(C)(C)C)s1.O=C(O)C=CC(=O)O. The average Bonchev–Trinajstić information content (AvgIpc) is 3.17. The van der Waals surface area contributed by atoms with Crippen molar-refractivity contribution < 1.29 is 34.4 Å². The van der Waals surface area contributed by atoms with E-state index in [2.05, 4.69) is 27.5 Å². The van der Waals surface area contributed by atoms with Gasteiger partial charge in [0.05, 0.1) is 6.20 Å². The number of aromatic nitrogens is 1. The Hall–Kier alpha value is -2.94. The second kappa shape index (κ2) is 15.8. The molecule has 0 saturated carbocycles. The van der Waals surface area contributed by atoms with Gasteiger partial charge in [-0.1, -0.05) is 25.2 Å². The van der Waals surface area contributed by atoms with Gasteiger partial charge >= 0.3 is 11.9 Å². The number of aliphatic hydroxyl groups excluding tert-OH is 1. The molecule has 0 aliphatic rings. The summed E-state index contributed by atoms with van der Waals surface area (Å²) in [6.45, 7) is 11.2. The fraction of sp³-hybridized carbons (Fsp3) is 0.545. The van der Waals surface area contributed by atoms with Gasteiger partial charge in [0.2, 0.25) is 0 Å². The lowest BCUT2D eigenvalue weighted by atomic mass is 10.1. The van der Waals surface area contributed by atoms with E-state index >= 15 is 0 Å². The number of β-amino-alcohol motifs (C(OH)–C–C–N with tert-alkyl or cyclic N) is 1. The Labute approximate surface area is 198 Å². The summed E-state index contributed by atoms with van der Waals surface area (Å²) in [6, 6.07) is 0. The van der Waals surface area contributed by atoms with E-state index in [0.29, 0.717) is 47.7 Å². The van der Waals surface area contributed by atoms with Crippen LogP contribution in [0.4, 0.5) is 0 Å². The first-order chi connectivity index (χ1) is 15.3. The zero-order chi connectivity index (χ0) is 25.4. The van der Waals surface area contributed by atoms with Crippen molar-refractivity contribution in [3.8, 4) is 17.0 Å². The van der Waals surface area contributed by atoms with E-state index in [4.69, 9.17) is 14.9 Å². The smallest absolute Gasteiger partial charge is 0.328 e. The first kappa shape index (κ1) is 30.1. The Bertz CT molecular complexity index is 832. The predicted octanol–water partition coefficient (Wildman–Crippen LogP) is 1.76. The van der Waals surface area contributed by atoms with Crippen molar-refractivity contribution in [2.24, 2.45) is 5.92 Å². The molecule has 1 aromatic heterocycles. The minimum atomic E-state index is -1.26. The number of rotatable bonds is 10. The minimum Gasteiger partial charge on any atom is -0.478 e. The van der Waals surface area contributed by atoms with Gasteiger partial charge in [0, 0.05) is 43.1 Å². The van der Waals surface area contributed by atoms with Crippen LogP contribution in [0.1, 0.15) is 50.7 Å². The monoisotopic (exact) mass is 483 g/mol. The van der Waals surface area contributed by atoms with E-state index in [-0.39, 0.29) is 18.1 Å². The molecule has 1 amide bonds. The summed E-state index contributed by atoms with van der Waals surface area (Å²) in [5.41, 5.74) is -0.0625. The van der Waals surface area contributed by atoms with E-state index in [0.717, 1.165) is 11.3 Å². The Morgan fingerprint density at radius 2 is 1.82 bits per heavy atom. The number of hydrogen-bond acceptors (Lipinski definition) is 8. The minimum absolute atomic E-state index is 0.0625. The van der Waals surface area contributed by atoms with Gasteiger partial charge in [0.1, 0.15) is 17.6 Å². The first-order valence-corrected chi connectivity index (χ1v) is 11.0. The summed E-state index contributed by atoms with van der Waals surface area (Å²) < 4.78 is 5.45. The molecule has 184 valence electrons. The van der Waals surface area contributed by atoms with E-state index in [1.54, 1.807) is 0 Å². The number of carboxylic acid groups (broad SMARTS) is 2. The highest BCUT2D eigenvalue weighted by molar-refractivity contribution is 7.15. The number of nitrogens with one attached hydrogen (secondary N) is 2. The normalized spacial score (nSPS) is 11.7. The van der Waals surface area contributed by atoms with Crippen molar-refractivity contribution in [1.82, 2.24) is 15.6 Å². The van der Waals surface area contributed by atoms with Crippen LogP contribution in [0.15, 0.2) is 18.3 Å². The highest BCUT2D eigenvalue weighted by atomic mass is 32.1. The summed E-state index contributed by atoms with van der Waals surface area (Å²) in [5, 5.41) is 31.9. The van der Waals surface area contributed by atoms with Gasteiger partial charge in [-0.25, -0.2) is 14.6 Å². The Kier molecular flexibility index (Phi) is 14.4. The number of carboxylic acids is 2. The molecule has 1 aromatic rings. The largest absolute Gasteiger partial charge is 0.478 e. The van der Waals surface area contributed by atoms with Crippen LogP contribution in [-0.2, 0) is 9.59 Å². The molecule has 1 atom stereocenters. The summed E-state index contributed by atoms with van der Waals surface area (Å²) in [6.07, 6.45) is 2.58. The van der Waals surface area contributed by atoms with Crippen LogP contribution in [0.25, 0.3) is 0 Å². The van der Waals surface area contributed by atoms with Gasteiger partial charge in [0.25, 0.3) is 11.1 Å². The predicted molar refractivity (Wildman–Crippen MR) is 125 cm³/mol. The number of aliphatic hydroxyl groups is 1. The third kappa shape index (κ3) is 18.3. The second-order valence-electron chi connectivity index (χ2n) is 8.08. The van der Waals surface area contributed by atoms with Crippen LogP contribution in [0.3, 0.4) is 0 Å². The van der Waals surface area contributed by atoms with Crippen molar-refractivity contribution in [3.05, 3.63) is 23.2 Å². The number of aliphatic carboxylic acids is 2. The molecule has 0 aliphatic carbocycles. The Morgan fingerprint density at radius 1 is 1.21 bits per heavy atom. The maximum atomic E-state index is 12.0. The number of thiazole rings is 1. The molecule has 10 nitrogen and oxygen atoms in total. The van der Waals surface area contributed by atoms with Crippen LogP contribution in [-0.4, -0.2) is 69.5 Å². The van der Waals surface area contributed by atoms with Crippen molar-refractivity contribution in [1.29, 1.82) is 0 Å². The molecule has 1 unspecified atom stereocenters. The van der Waals surface area contributed by atoms with E-state index in [1.165, 1.54) is 6.20 Å². The second-order valence-corrected chi connectivity index (χ2v) is 9.07. The van der Waals surface area contributed by atoms with Crippen LogP contribution in [0.2, 0.25) is 0 Å². The lowest BCUT2D eigenvalue weighted by Crippen LogP contribution is -2.42. The van der Waals surface area contributed by atoms with Crippen LogP contribution < -0.4 is 15.4 Å². The van der Waals surface area contributed by atoms with Gasteiger partial charge < -0.3 is 30.7 Å². The Morgan fingerprint density at radius 3 is 2.33 bits per heavy atom. The zero-order valence-electron chi connectivity index (χ0n) is 19.5. The quantitative estimate of drug-likeness (QED) is 0.190. The number of nitrogens with zero attached hydrogens (tertiary/aromatic N) is 1. The fourth-order valence-corrected chi connectivity index (χ4v) is 2.52. The topological polar surface area (TPSA) is 158 Å². The lowest BCUT2D eigenvalue weighted by molar-refractivity contribution is -0.134. The van der Waals surface area contributed by atoms with Gasteiger partial charge in [0.15, 0.2) is 0 Å². The summed E-state index contributed by atoms with van der Waals surface area (Å²) in [4.78, 5) is 35.7. The van der Waals surface area contributed by atoms with E-state index < -0.39 is 18.0 Å². The molecule has 1 rings (SSSR count). The van der Waals surface area contributed by atoms with Crippen molar-refractivity contribution >= 4 is 29.2 Å². The molecule has 0 aliphatic heterocycles. The first-order valence-electron chi connectivity index (χ1n) is 10.2. The highest BCUT2D eigenvalue weighted by Crippen LogP contribution is 2.20. The molecule has 0 saturated heterocycles. The number of hydrogen-bond donors (Lipinski definition) is 5. The summed E-state index contributed by atoms with van der Waals surface area (Å²) in [7, 11) is 0. The van der Waals surface area contributed by atoms with Crippen LogP contribution in [0.5, 0.6) is 5.19 Å². The number of carbonyl (C=O) groups excluding carboxylic acids is 1. The van der Waals surface area contributed by atoms with Crippen molar-refractivity contribution in [2.45, 2.75) is 52.7 Å². The van der Waals surface area contributed by atoms with E-state index in [9.17, 15) is 19.5 Å². The van der Waals surface area contributed by atoms with Crippen molar-refractivity contribution in [3.63, 3.8) is 0 Å².